The number of hydrogen-bond acceptors (Lipinski definition) is 5. The number of benzene rings is 7. The fraction of sp³-hybridized carbons (Fsp3) is 0. The largest absolute Gasteiger partial charge is 0.456 e. The molecular weight excluding hydrogens is 687 g/mol. The highest BCUT2D eigenvalue weighted by atomic mass is 16.3. The summed E-state index contributed by atoms with van der Waals surface area (Å²) in [5.74, 6) is 2.54. The van der Waals surface area contributed by atoms with Crippen LogP contribution in [0.2, 0.25) is 0 Å². The van der Waals surface area contributed by atoms with Crippen LogP contribution in [0.5, 0.6) is 0 Å². The minimum absolute atomic E-state index is 0.553. The summed E-state index contributed by atoms with van der Waals surface area (Å²) in [6, 6.07) is 62.5. The van der Waals surface area contributed by atoms with Gasteiger partial charge in [-0.15, -0.1) is 0 Å². The molecule has 4 aromatic heterocycles. The Balaban J connectivity index is 1.08. The molecule has 0 atom stereocenters. The van der Waals surface area contributed by atoms with Gasteiger partial charge in [0.2, 0.25) is 0 Å². The lowest BCUT2D eigenvalue weighted by Crippen LogP contribution is -2.02. The molecule has 0 spiro atoms. The molecule has 11 rings (SSSR count). The minimum Gasteiger partial charge on any atom is -0.456 e. The van der Waals surface area contributed by atoms with Gasteiger partial charge in [-0.25, -0.2) is 19.9 Å². The molecule has 0 fully saturated rings. The van der Waals surface area contributed by atoms with E-state index in [2.05, 4.69) is 132 Å². The zero-order valence-corrected chi connectivity index (χ0v) is 30.0. The molecule has 6 heteroatoms. The molecule has 7 aromatic carbocycles. The van der Waals surface area contributed by atoms with Gasteiger partial charge in [-0.2, -0.15) is 0 Å². The van der Waals surface area contributed by atoms with Crippen molar-refractivity contribution < 1.29 is 4.42 Å². The molecule has 56 heavy (non-hydrogen) atoms. The SMILES string of the molecule is c1ccc(-c2ccc(-c3nc(-c4ccccc4)nc(-c4ccc(-n5c6cc(-c7ccccc7)cc7oc8ccccc8c8cccc5c8c76)nc4)n3)cc2)cc1. The zero-order chi connectivity index (χ0) is 37.0. The molecule has 0 aliphatic rings. The Morgan fingerprint density at radius 2 is 0.893 bits per heavy atom. The molecule has 0 aliphatic heterocycles. The summed E-state index contributed by atoms with van der Waals surface area (Å²) in [6.45, 7) is 0. The molecule has 0 aliphatic carbocycles. The van der Waals surface area contributed by atoms with E-state index in [9.17, 15) is 0 Å². The molecule has 0 bridgehead atoms. The Bertz CT molecular complexity index is 3210. The van der Waals surface area contributed by atoms with Gasteiger partial charge in [0, 0.05) is 33.7 Å². The molecule has 0 saturated carbocycles. The van der Waals surface area contributed by atoms with Gasteiger partial charge in [0.05, 0.1) is 16.4 Å². The van der Waals surface area contributed by atoms with Crippen LogP contribution in [0.25, 0.3) is 106 Å². The molecule has 0 saturated heterocycles. The number of fused-ring (bicyclic) bond motifs is 2. The van der Waals surface area contributed by atoms with Gasteiger partial charge in [-0.3, -0.25) is 4.57 Å². The van der Waals surface area contributed by atoms with Crippen LogP contribution in [-0.2, 0) is 0 Å². The molecule has 11 aromatic rings. The molecular formula is C50H31N5O. The fourth-order valence-corrected chi connectivity index (χ4v) is 7.84. The van der Waals surface area contributed by atoms with E-state index in [1.54, 1.807) is 0 Å². The maximum absolute atomic E-state index is 6.78. The van der Waals surface area contributed by atoms with Crippen LogP contribution in [0.4, 0.5) is 0 Å². The van der Waals surface area contributed by atoms with Crippen molar-refractivity contribution in [3.63, 3.8) is 0 Å². The average molecular weight is 718 g/mol. The van der Waals surface area contributed by atoms with E-state index in [4.69, 9.17) is 24.4 Å². The van der Waals surface area contributed by atoms with Crippen LogP contribution in [0.15, 0.2) is 193 Å². The summed E-state index contributed by atoms with van der Waals surface area (Å²) in [4.78, 5) is 20.1. The molecule has 0 radical (unpaired) electrons. The molecule has 4 heterocycles. The van der Waals surface area contributed by atoms with E-state index in [-0.39, 0.29) is 0 Å². The highest BCUT2D eigenvalue weighted by Gasteiger charge is 2.21. The second kappa shape index (κ2) is 13.0. The maximum atomic E-state index is 6.78. The van der Waals surface area contributed by atoms with Crippen LogP contribution >= 0.6 is 0 Å². The number of hydrogen-bond donors (Lipinski definition) is 0. The van der Waals surface area contributed by atoms with Crippen molar-refractivity contribution in [2.75, 3.05) is 0 Å². The van der Waals surface area contributed by atoms with Crippen molar-refractivity contribution in [2.45, 2.75) is 0 Å². The van der Waals surface area contributed by atoms with E-state index < -0.39 is 0 Å². The van der Waals surface area contributed by atoms with Gasteiger partial charge < -0.3 is 4.42 Å². The lowest BCUT2D eigenvalue weighted by Gasteiger charge is -2.11. The van der Waals surface area contributed by atoms with Crippen LogP contribution < -0.4 is 0 Å². The predicted molar refractivity (Wildman–Crippen MR) is 226 cm³/mol. The van der Waals surface area contributed by atoms with Crippen molar-refractivity contribution in [3.05, 3.63) is 188 Å². The fourth-order valence-electron chi connectivity index (χ4n) is 7.84. The smallest absolute Gasteiger partial charge is 0.165 e. The van der Waals surface area contributed by atoms with Crippen LogP contribution in [-0.4, -0.2) is 24.5 Å². The third kappa shape index (κ3) is 5.35. The Hall–Kier alpha value is -7.70. The van der Waals surface area contributed by atoms with Crippen molar-refractivity contribution >= 4 is 43.7 Å². The number of nitrogens with zero attached hydrogens (tertiary/aromatic N) is 5. The quantitative estimate of drug-likeness (QED) is 0.171. The highest BCUT2D eigenvalue weighted by molar-refractivity contribution is 6.27. The van der Waals surface area contributed by atoms with Crippen LogP contribution in [0, 0.1) is 0 Å². The zero-order valence-electron chi connectivity index (χ0n) is 30.0. The van der Waals surface area contributed by atoms with Crippen molar-refractivity contribution in [3.8, 4) is 62.2 Å². The molecule has 0 amide bonds. The third-order valence-electron chi connectivity index (χ3n) is 10.5. The van der Waals surface area contributed by atoms with Crippen molar-refractivity contribution in [1.82, 2.24) is 24.5 Å². The van der Waals surface area contributed by atoms with Crippen molar-refractivity contribution in [1.29, 1.82) is 0 Å². The van der Waals surface area contributed by atoms with Gasteiger partial charge in [0.1, 0.15) is 17.0 Å². The molecule has 6 nitrogen and oxygen atoms in total. The highest BCUT2D eigenvalue weighted by Crippen LogP contribution is 2.42. The first-order valence-corrected chi connectivity index (χ1v) is 18.6. The number of rotatable bonds is 6. The summed E-state index contributed by atoms with van der Waals surface area (Å²) in [5.41, 5.74) is 10.8. The van der Waals surface area contributed by atoms with Gasteiger partial charge in [-0.05, 0) is 64.0 Å². The van der Waals surface area contributed by atoms with Crippen LogP contribution in [0.1, 0.15) is 0 Å². The Kier molecular flexibility index (Phi) is 7.38. The van der Waals surface area contributed by atoms with E-state index >= 15 is 0 Å². The number of para-hydroxylation sites is 1. The van der Waals surface area contributed by atoms with E-state index in [1.807, 2.05) is 60.8 Å². The first-order chi connectivity index (χ1) is 27.7. The van der Waals surface area contributed by atoms with E-state index in [0.29, 0.717) is 17.5 Å². The third-order valence-corrected chi connectivity index (χ3v) is 10.5. The summed E-state index contributed by atoms with van der Waals surface area (Å²) in [6.07, 6.45) is 1.86. The summed E-state index contributed by atoms with van der Waals surface area (Å²) in [5, 5.41) is 4.39. The summed E-state index contributed by atoms with van der Waals surface area (Å²) in [7, 11) is 0. The second-order valence-electron chi connectivity index (χ2n) is 13.9. The lowest BCUT2D eigenvalue weighted by molar-refractivity contribution is 0.664. The molecule has 0 N–H and O–H groups in total. The van der Waals surface area contributed by atoms with Gasteiger partial charge in [0.25, 0.3) is 0 Å². The molecule has 262 valence electrons. The lowest BCUT2D eigenvalue weighted by atomic mass is 10.0. The van der Waals surface area contributed by atoms with Crippen molar-refractivity contribution in [2.24, 2.45) is 0 Å². The standard InChI is InChI=1S/C50H31N5O/c1-4-13-32(14-5-1)34-23-25-36(26-24-34)49-52-48(35-17-8-3-9-18-35)53-50(54-49)37-27-28-45(51-31-37)55-41-21-12-20-40-39-19-10-11-22-43(39)56-44-30-38(33-15-6-2-7-16-33)29-42(55)47(44)46(40)41/h1-31H. The second-order valence-corrected chi connectivity index (χ2v) is 13.9. The van der Waals surface area contributed by atoms with Gasteiger partial charge in [-0.1, -0.05) is 146 Å². The Morgan fingerprint density at radius 1 is 0.357 bits per heavy atom. The van der Waals surface area contributed by atoms with E-state index in [1.165, 1.54) is 0 Å². The molecule has 0 unspecified atom stereocenters. The topological polar surface area (TPSA) is 69.6 Å². The normalized spacial score (nSPS) is 11.6. The number of pyridine rings is 1. The first kappa shape index (κ1) is 31.8. The average Bonchev–Trinajstić information content (AvgIpc) is 3.54. The number of aromatic nitrogens is 5. The summed E-state index contributed by atoms with van der Waals surface area (Å²) >= 11 is 0. The van der Waals surface area contributed by atoms with Gasteiger partial charge in [0.15, 0.2) is 17.5 Å². The maximum Gasteiger partial charge on any atom is 0.165 e. The first-order valence-electron chi connectivity index (χ1n) is 18.6. The summed E-state index contributed by atoms with van der Waals surface area (Å²) < 4.78 is 9.02. The van der Waals surface area contributed by atoms with Gasteiger partial charge >= 0.3 is 0 Å². The Morgan fingerprint density at radius 3 is 1.57 bits per heavy atom. The van der Waals surface area contributed by atoms with Crippen LogP contribution in [0.3, 0.4) is 0 Å². The van der Waals surface area contributed by atoms with E-state index in [0.717, 1.165) is 88.5 Å². The monoisotopic (exact) mass is 717 g/mol. The minimum atomic E-state index is 0.553. The Labute approximate surface area is 322 Å². The predicted octanol–water partition coefficient (Wildman–Crippen LogP) is 12.6.